The second-order valence-electron chi connectivity index (χ2n) is 10.4. The number of hydrogen-bond acceptors (Lipinski definition) is 3. The summed E-state index contributed by atoms with van der Waals surface area (Å²) in [6.45, 7) is 1.77. The third-order valence-corrected chi connectivity index (χ3v) is 7.86. The van der Waals surface area contributed by atoms with Gasteiger partial charge in [-0.05, 0) is 48.9 Å². The summed E-state index contributed by atoms with van der Waals surface area (Å²) in [4.78, 5) is 15.6. The number of benzene rings is 2. The molecule has 2 aromatic carbocycles. The van der Waals surface area contributed by atoms with Gasteiger partial charge in [-0.2, -0.15) is 26.3 Å². The average Bonchev–Trinajstić information content (AvgIpc) is 3.54. The molecule has 3 atom stereocenters. The van der Waals surface area contributed by atoms with E-state index in [1.54, 1.807) is 0 Å². The highest BCUT2D eigenvalue weighted by Crippen LogP contribution is 2.49. The molecule has 1 unspecified atom stereocenters. The number of piperidine rings is 1. The molecular weight excluding hydrogens is 498 g/mol. The van der Waals surface area contributed by atoms with Crippen molar-refractivity contribution >= 4 is 5.91 Å². The fourth-order valence-electron chi connectivity index (χ4n) is 5.80. The summed E-state index contributed by atoms with van der Waals surface area (Å²) in [6.07, 6.45) is -7.31. The van der Waals surface area contributed by atoms with Crippen molar-refractivity contribution < 1.29 is 35.9 Å². The molecule has 0 radical (unpaired) electrons. The highest BCUT2D eigenvalue weighted by molar-refractivity contribution is 5.83. The maximum absolute atomic E-state index is 13.6. The van der Waals surface area contributed by atoms with E-state index in [4.69, 9.17) is 4.74 Å². The van der Waals surface area contributed by atoms with Gasteiger partial charge < -0.3 is 9.64 Å². The molecule has 0 N–H and O–H groups in total. The molecule has 10 heteroatoms. The van der Waals surface area contributed by atoms with E-state index in [1.165, 1.54) is 12.1 Å². The van der Waals surface area contributed by atoms with Crippen molar-refractivity contribution in [3.63, 3.8) is 0 Å². The minimum absolute atomic E-state index is 0.0682. The molecule has 5 rings (SSSR count). The first kappa shape index (κ1) is 26.0. The van der Waals surface area contributed by atoms with Gasteiger partial charge in [0.05, 0.1) is 23.8 Å². The molecule has 2 aliphatic heterocycles. The molecule has 1 saturated carbocycles. The van der Waals surface area contributed by atoms with Crippen LogP contribution in [0.4, 0.5) is 26.3 Å². The smallest absolute Gasteiger partial charge is 0.373 e. The first-order chi connectivity index (χ1) is 17.5. The number of likely N-dealkylation sites (tertiary alicyclic amines) is 1. The first-order valence-corrected chi connectivity index (χ1v) is 12.4. The van der Waals surface area contributed by atoms with Crippen molar-refractivity contribution in [2.24, 2.45) is 0 Å². The Balaban J connectivity index is 1.21. The van der Waals surface area contributed by atoms with E-state index in [0.717, 1.165) is 28.2 Å². The second kappa shape index (κ2) is 9.62. The summed E-state index contributed by atoms with van der Waals surface area (Å²) in [6, 6.07) is 13.2. The van der Waals surface area contributed by atoms with Crippen LogP contribution in [0.2, 0.25) is 0 Å². The van der Waals surface area contributed by atoms with E-state index in [0.29, 0.717) is 45.3 Å². The molecular formula is C27H28F6N2O2. The zero-order chi connectivity index (χ0) is 26.4. The normalized spacial score (nSPS) is 25.8. The molecule has 1 amide bonds. The summed E-state index contributed by atoms with van der Waals surface area (Å²) in [5.74, 6) is -1.92. The molecule has 3 aliphatic rings. The number of halogens is 6. The lowest BCUT2D eigenvalue weighted by Gasteiger charge is -2.39. The van der Waals surface area contributed by atoms with Crippen LogP contribution in [0.15, 0.2) is 54.6 Å². The third-order valence-electron chi connectivity index (χ3n) is 7.86. The van der Waals surface area contributed by atoms with Crippen molar-refractivity contribution in [2.45, 2.75) is 68.2 Å². The number of ether oxygens (including phenoxy) is 1. The topological polar surface area (TPSA) is 32.8 Å². The predicted octanol–water partition coefficient (Wildman–Crippen LogP) is 5.78. The van der Waals surface area contributed by atoms with E-state index in [-0.39, 0.29) is 12.5 Å². The van der Waals surface area contributed by atoms with E-state index in [2.05, 4.69) is 4.90 Å². The van der Waals surface area contributed by atoms with Crippen molar-refractivity contribution in [2.75, 3.05) is 19.7 Å². The van der Waals surface area contributed by atoms with E-state index in [9.17, 15) is 31.1 Å². The molecule has 0 bridgehead atoms. The minimum Gasteiger partial charge on any atom is -0.373 e. The van der Waals surface area contributed by atoms with Gasteiger partial charge in [-0.1, -0.05) is 42.5 Å². The first-order valence-electron chi connectivity index (χ1n) is 12.4. The SMILES string of the molecule is O=C(N(C1COC2(CCN(Cc3ccc(C(F)(F)F)cc3)CC2)C1)[C@@H]1C[C@H]1c1ccccc1)C(F)(F)F. The van der Waals surface area contributed by atoms with Crippen molar-refractivity contribution in [3.8, 4) is 0 Å². The Labute approximate surface area is 211 Å². The molecule has 1 aliphatic carbocycles. The highest BCUT2D eigenvalue weighted by Gasteiger charge is 2.57. The minimum atomic E-state index is -4.95. The van der Waals surface area contributed by atoms with Crippen LogP contribution in [0.1, 0.15) is 48.3 Å². The van der Waals surface area contributed by atoms with Gasteiger partial charge >= 0.3 is 18.3 Å². The maximum atomic E-state index is 13.6. The van der Waals surface area contributed by atoms with Crippen molar-refractivity contribution in [3.05, 3.63) is 71.3 Å². The molecule has 4 nitrogen and oxygen atoms in total. The number of rotatable bonds is 5. The second-order valence-corrected chi connectivity index (χ2v) is 10.4. The van der Waals surface area contributed by atoms with Crippen LogP contribution in [0, 0.1) is 0 Å². The van der Waals surface area contributed by atoms with Crippen LogP contribution in [-0.4, -0.2) is 59.3 Å². The molecule has 1 spiro atoms. The van der Waals surface area contributed by atoms with Crippen LogP contribution >= 0.6 is 0 Å². The Morgan fingerprint density at radius 2 is 1.62 bits per heavy atom. The number of nitrogens with zero attached hydrogens (tertiary/aromatic N) is 2. The molecule has 200 valence electrons. The lowest BCUT2D eigenvalue weighted by Crippen LogP contribution is -2.50. The van der Waals surface area contributed by atoms with Crippen LogP contribution < -0.4 is 0 Å². The van der Waals surface area contributed by atoms with E-state index in [1.807, 2.05) is 30.3 Å². The van der Waals surface area contributed by atoms with Crippen LogP contribution in [0.5, 0.6) is 0 Å². The Morgan fingerprint density at radius 3 is 2.22 bits per heavy atom. The summed E-state index contributed by atoms with van der Waals surface area (Å²) < 4.78 is 85.2. The number of alkyl halides is 6. The maximum Gasteiger partial charge on any atom is 0.471 e. The van der Waals surface area contributed by atoms with Gasteiger partial charge in [-0.3, -0.25) is 9.69 Å². The Hall–Kier alpha value is -2.59. The number of carbonyl (C=O) groups excluding carboxylic acids is 1. The molecule has 2 saturated heterocycles. The van der Waals surface area contributed by atoms with Crippen LogP contribution in [0.3, 0.4) is 0 Å². The number of carbonyl (C=O) groups is 1. The predicted molar refractivity (Wildman–Crippen MR) is 124 cm³/mol. The molecule has 2 heterocycles. The van der Waals surface area contributed by atoms with Gasteiger partial charge in [0.1, 0.15) is 0 Å². The Morgan fingerprint density at radius 1 is 0.973 bits per heavy atom. The molecule has 2 aromatic rings. The van der Waals surface area contributed by atoms with Crippen molar-refractivity contribution in [1.82, 2.24) is 9.80 Å². The zero-order valence-electron chi connectivity index (χ0n) is 20.1. The molecule has 37 heavy (non-hydrogen) atoms. The summed E-state index contributed by atoms with van der Waals surface area (Å²) in [5, 5.41) is 0. The highest BCUT2D eigenvalue weighted by atomic mass is 19.4. The molecule has 0 aromatic heterocycles. The standard InChI is InChI=1S/C27H28F6N2O2/c28-26(29,30)20-8-6-18(7-9-20)16-34-12-10-25(11-13-34)15-21(17-37-25)35(24(36)27(31,32)33)23-14-22(23)19-4-2-1-3-5-19/h1-9,21-23H,10-17H2/t21?,22-,23+/m0/s1. The van der Waals surface area contributed by atoms with E-state index < -0.39 is 41.5 Å². The van der Waals surface area contributed by atoms with E-state index >= 15 is 0 Å². The number of amides is 1. The van der Waals surface area contributed by atoms with Gasteiger partial charge in [0.2, 0.25) is 0 Å². The quantitative estimate of drug-likeness (QED) is 0.464. The van der Waals surface area contributed by atoms with Gasteiger partial charge in [-0.25, -0.2) is 0 Å². The number of hydrogen-bond donors (Lipinski definition) is 0. The van der Waals surface area contributed by atoms with Crippen molar-refractivity contribution in [1.29, 1.82) is 0 Å². The van der Waals surface area contributed by atoms with Crippen LogP contribution in [0.25, 0.3) is 0 Å². The van der Waals surface area contributed by atoms with Gasteiger partial charge in [0.25, 0.3) is 0 Å². The lowest BCUT2D eigenvalue weighted by atomic mass is 9.86. The lowest BCUT2D eigenvalue weighted by molar-refractivity contribution is -0.188. The largest absolute Gasteiger partial charge is 0.471 e. The van der Waals surface area contributed by atoms with Gasteiger partial charge in [0.15, 0.2) is 0 Å². The fourth-order valence-corrected chi connectivity index (χ4v) is 5.80. The third kappa shape index (κ3) is 5.65. The Kier molecular flexibility index (Phi) is 6.77. The van der Waals surface area contributed by atoms with Gasteiger partial charge in [-0.15, -0.1) is 0 Å². The summed E-state index contributed by atoms with van der Waals surface area (Å²) >= 11 is 0. The Bertz CT molecular complexity index is 1090. The average molecular weight is 527 g/mol. The fraction of sp³-hybridized carbons (Fsp3) is 0.519. The monoisotopic (exact) mass is 526 g/mol. The molecule has 3 fully saturated rings. The van der Waals surface area contributed by atoms with Gasteiger partial charge in [0, 0.05) is 31.6 Å². The summed E-state index contributed by atoms with van der Waals surface area (Å²) in [5.41, 5.74) is 0.402. The van der Waals surface area contributed by atoms with Crippen LogP contribution in [-0.2, 0) is 22.3 Å². The summed E-state index contributed by atoms with van der Waals surface area (Å²) in [7, 11) is 0. The zero-order valence-corrected chi connectivity index (χ0v) is 20.1.